The van der Waals surface area contributed by atoms with Crippen LogP contribution < -0.4 is 16.0 Å². The maximum Gasteiger partial charge on any atom is 0.274 e. The molecule has 3 atom stereocenters. The topological polar surface area (TPSA) is 161 Å². The number of hydrogen-bond donors (Lipinski definition) is 3. The quantitative estimate of drug-likeness (QED) is 0.313. The lowest BCUT2D eigenvalue weighted by atomic mass is 9.94. The second-order valence-corrected chi connectivity index (χ2v) is 8.84. The smallest absolute Gasteiger partial charge is 0.274 e. The first-order valence-corrected chi connectivity index (χ1v) is 12.1. The second kappa shape index (κ2) is 15.6. The lowest BCUT2D eigenvalue weighted by molar-refractivity contribution is -0.131. The minimum atomic E-state index is -1.06. The van der Waals surface area contributed by atoms with Crippen LogP contribution in [0.4, 0.5) is 0 Å². The van der Waals surface area contributed by atoms with Crippen LogP contribution in [0.15, 0.2) is 52.8 Å². The molecule has 0 saturated carbocycles. The van der Waals surface area contributed by atoms with Crippen LogP contribution in [0.5, 0.6) is 0 Å². The Balaban J connectivity index is 0.00000161. The van der Waals surface area contributed by atoms with E-state index in [0.29, 0.717) is 19.4 Å². The maximum absolute atomic E-state index is 12.9. The van der Waals surface area contributed by atoms with Crippen LogP contribution in [0.25, 0.3) is 0 Å². The fourth-order valence-corrected chi connectivity index (χ4v) is 3.46. The molecule has 2 heterocycles. The molecule has 1 aliphatic carbocycles. The van der Waals surface area contributed by atoms with Crippen molar-refractivity contribution in [2.75, 3.05) is 41.1 Å². The van der Waals surface area contributed by atoms with Gasteiger partial charge < -0.3 is 34.7 Å². The zero-order valence-corrected chi connectivity index (χ0v) is 22.2. The van der Waals surface area contributed by atoms with Crippen molar-refractivity contribution in [3.8, 4) is 0 Å². The first kappa shape index (κ1) is 30.6. The van der Waals surface area contributed by atoms with E-state index >= 15 is 0 Å². The van der Waals surface area contributed by atoms with Gasteiger partial charge in [0.2, 0.25) is 11.8 Å². The molecule has 3 amide bonds. The standard InChI is InChI=1S/C24H30N4O7.C2H6O/c1-24(15-34-24)21(30)17(10-9-16-7-5-3-4-6-8-16)26-20(29)13-25-22(31)19(14-33-2)27-23(32)18-11-12-35-28-18;1-3-2/h3-5,7-8,11-12,17,19H,6,9-10,13-15H2,1-2H3,(H,25,31)(H,26,29)(H,27,32);1-2H3/t17-,19-,24+;/m0./s1. The minimum Gasteiger partial charge on any atom is -0.388 e. The fraction of sp³-hybridized carbons (Fsp3) is 0.500. The van der Waals surface area contributed by atoms with E-state index in [1.165, 1.54) is 19.4 Å². The van der Waals surface area contributed by atoms with Gasteiger partial charge in [-0.1, -0.05) is 41.1 Å². The molecule has 12 nitrogen and oxygen atoms in total. The number of amides is 3. The summed E-state index contributed by atoms with van der Waals surface area (Å²) in [6.07, 6.45) is 13.0. The number of methoxy groups -OCH3 is 2. The zero-order valence-electron chi connectivity index (χ0n) is 22.2. The molecule has 0 spiro atoms. The molecule has 1 aliphatic heterocycles. The Hall–Kier alpha value is -3.61. The number of rotatable bonds is 13. The molecule has 1 saturated heterocycles. The summed E-state index contributed by atoms with van der Waals surface area (Å²) in [4.78, 5) is 50.2. The van der Waals surface area contributed by atoms with Gasteiger partial charge in [0.1, 0.15) is 17.9 Å². The number of epoxide rings is 1. The highest BCUT2D eigenvalue weighted by molar-refractivity contribution is 5.98. The first-order valence-electron chi connectivity index (χ1n) is 12.1. The minimum absolute atomic E-state index is 0.00296. The molecule has 0 aromatic carbocycles. The van der Waals surface area contributed by atoms with Crippen molar-refractivity contribution in [2.45, 2.75) is 43.9 Å². The lowest BCUT2D eigenvalue weighted by Gasteiger charge is -2.21. The van der Waals surface area contributed by atoms with Crippen LogP contribution in [-0.4, -0.2) is 87.4 Å². The van der Waals surface area contributed by atoms with Crippen molar-refractivity contribution in [3.63, 3.8) is 0 Å². The van der Waals surface area contributed by atoms with Crippen molar-refractivity contribution in [3.05, 3.63) is 54.0 Å². The number of carbonyl (C=O) groups is 4. The van der Waals surface area contributed by atoms with E-state index in [9.17, 15) is 19.2 Å². The number of aromatic nitrogens is 1. The van der Waals surface area contributed by atoms with Gasteiger partial charge in [-0.05, 0) is 26.2 Å². The van der Waals surface area contributed by atoms with Crippen molar-refractivity contribution in [1.29, 1.82) is 0 Å². The predicted octanol–water partition coefficient (Wildman–Crippen LogP) is 0.864. The number of carbonyl (C=O) groups excluding carboxylic acids is 4. The van der Waals surface area contributed by atoms with Gasteiger partial charge in [0.05, 0.1) is 25.8 Å². The monoisotopic (exact) mass is 532 g/mol. The van der Waals surface area contributed by atoms with Crippen LogP contribution in [0.2, 0.25) is 0 Å². The van der Waals surface area contributed by atoms with Gasteiger partial charge in [-0.25, -0.2) is 0 Å². The third-order valence-electron chi connectivity index (χ3n) is 5.59. The number of ether oxygens (including phenoxy) is 3. The van der Waals surface area contributed by atoms with Crippen LogP contribution in [0.3, 0.4) is 0 Å². The van der Waals surface area contributed by atoms with E-state index in [2.05, 4.69) is 36.4 Å². The Bertz CT molecular complexity index is 1030. The predicted molar refractivity (Wildman–Crippen MR) is 137 cm³/mol. The van der Waals surface area contributed by atoms with E-state index in [-0.39, 0.29) is 24.6 Å². The molecule has 1 aromatic rings. The highest BCUT2D eigenvalue weighted by Crippen LogP contribution is 2.29. The number of nitrogens with one attached hydrogen (secondary N) is 3. The molecule has 3 rings (SSSR count). The Labute approximate surface area is 221 Å². The van der Waals surface area contributed by atoms with Gasteiger partial charge in [-0.15, -0.1) is 0 Å². The van der Waals surface area contributed by atoms with Gasteiger partial charge >= 0.3 is 0 Å². The average molecular weight is 533 g/mol. The van der Waals surface area contributed by atoms with E-state index in [1.807, 2.05) is 24.3 Å². The summed E-state index contributed by atoms with van der Waals surface area (Å²) in [7, 11) is 4.63. The van der Waals surface area contributed by atoms with Gasteiger partial charge in [-0.3, -0.25) is 19.2 Å². The number of nitrogens with zero attached hydrogens (tertiary/aromatic N) is 1. The molecule has 1 fully saturated rings. The molecule has 2 aliphatic rings. The van der Waals surface area contributed by atoms with Crippen molar-refractivity contribution >= 4 is 23.5 Å². The molecule has 3 N–H and O–H groups in total. The van der Waals surface area contributed by atoms with Gasteiger partial charge in [0, 0.05) is 27.4 Å². The van der Waals surface area contributed by atoms with Gasteiger partial charge in [0.25, 0.3) is 5.91 Å². The van der Waals surface area contributed by atoms with Crippen LogP contribution in [0.1, 0.15) is 36.7 Å². The number of ketones is 1. The largest absolute Gasteiger partial charge is 0.388 e. The molecule has 38 heavy (non-hydrogen) atoms. The fourth-order valence-electron chi connectivity index (χ4n) is 3.46. The maximum atomic E-state index is 12.9. The Morgan fingerprint density at radius 3 is 2.50 bits per heavy atom. The summed E-state index contributed by atoms with van der Waals surface area (Å²) in [6, 6.07) is -0.474. The molecule has 208 valence electrons. The molecule has 12 heteroatoms. The second-order valence-electron chi connectivity index (χ2n) is 8.84. The van der Waals surface area contributed by atoms with Crippen LogP contribution >= 0.6 is 0 Å². The normalized spacial score (nSPS) is 19.1. The van der Waals surface area contributed by atoms with Crippen molar-refractivity contribution in [1.82, 2.24) is 21.1 Å². The number of hydrogen-bond acceptors (Lipinski definition) is 9. The molecular weight excluding hydrogens is 496 g/mol. The van der Waals surface area contributed by atoms with Crippen molar-refractivity contribution in [2.24, 2.45) is 0 Å². The Morgan fingerprint density at radius 2 is 1.87 bits per heavy atom. The van der Waals surface area contributed by atoms with E-state index in [1.54, 1.807) is 21.1 Å². The third kappa shape index (κ3) is 10.0. The molecule has 0 radical (unpaired) electrons. The lowest BCUT2D eigenvalue weighted by Crippen LogP contribution is -2.53. The summed E-state index contributed by atoms with van der Waals surface area (Å²) in [5.41, 5.74) is 0.177. The molecule has 1 aromatic heterocycles. The van der Waals surface area contributed by atoms with Gasteiger partial charge in [-0.2, -0.15) is 0 Å². The van der Waals surface area contributed by atoms with Crippen LogP contribution in [0, 0.1) is 0 Å². The van der Waals surface area contributed by atoms with Crippen LogP contribution in [-0.2, 0) is 28.6 Å². The van der Waals surface area contributed by atoms with Gasteiger partial charge in [0.15, 0.2) is 11.5 Å². The summed E-state index contributed by atoms with van der Waals surface area (Å²) < 4.78 is 19.2. The summed E-state index contributed by atoms with van der Waals surface area (Å²) in [5.74, 6) is -1.99. The first-order chi connectivity index (χ1) is 18.2. The third-order valence-corrected chi connectivity index (χ3v) is 5.59. The highest BCUT2D eigenvalue weighted by Gasteiger charge is 2.49. The molecule has 0 unspecified atom stereocenters. The summed E-state index contributed by atoms with van der Waals surface area (Å²) in [5, 5.41) is 11.2. The number of allylic oxidation sites excluding steroid dienone is 6. The Kier molecular flexibility index (Phi) is 12.6. The van der Waals surface area contributed by atoms with Crippen molar-refractivity contribution < 1.29 is 37.9 Å². The highest BCUT2D eigenvalue weighted by atomic mass is 16.6. The zero-order chi connectivity index (χ0) is 28.0. The SMILES string of the molecule is COC.COC[C@H](NC(=O)c1ccon1)C(=O)NCC(=O)N[C@@H](CCC1=CCC=CC=C1)C(=O)[C@@]1(C)CO1. The van der Waals surface area contributed by atoms with E-state index < -0.39 is 35.4 Å². The molecular formula is C26H36N4O8. The summed E-state index contributed by atoms with van der Waals surface area (Å²) >= 11 is 0. The van der Waals surface area contributed by atoms with E-state index in [4.69, 9.17) is 9.47 Å². The summed E-state index contributed by atoms with van der Waals surface area (Å²) in [6.45, 7) is 1.50. The van der Waals surface area contributed by atoms with E-state index in [0.717, 1.165) is 12.0 Å². The average Bonchev–Trinajstić information content (AvgIpc) is 3.51. The molecule has 0 bridgehead atoms. The Morgan fingerprint density at radius 1 is 1.13 bits per heavy atom. The number of Topliss-reactive ketones (excluding diaryl/α,β-unsaturated/α-hetero) is 1.